The zero-order chi connectivity index (χ0) is 7.40. The standard InChI is InChI=1S/C9H14O/c1-8-4-2-3-5-9(6-8)7-10/h3,5-6,9-10H,2,4,7H2,1H3/t9-/m0/s1. The highest BCUT2D eigenvalue weighted by Crippen LogP contribution is 2.14. The molecule has 0 heterocycles. The Kier molecular flexibility index (Phi) is 2.69. The van der Waals surface area contributed by atoms with Gasteiger partial charge >= 0.3 is 0 Å². The first-order valence-electron chi connectivity index (χ1n) is 3.77. The van der Waals surface area contributed by atoms with Gasteiger partial charge in [0, 0.05) is 5.92 Å². The fraction of sp³-hybridized carbons (Fsp3) is 0.556. The molecule has 1 rings (SSSR count). The predicted octanol–water partition coefficient (Wildman–Crippen LogP) is 1.89. The fourth-order valence-electron chi connectivity index (χ4n) is 1.20. The molecule has 0 amide bonds. The van der Waals surface area contributed by atoms with Crippen LogP contribution in [0.3, 0.4) is 0 Å². The second kappa shape index (κ2) is 3.57. The van der Waals surface area contributed by atoms with Gasteiger partial charge in [0.2, 0.25) is 0 Å². The third-order valence-corrected chi connectivity index (χ3v) is 1.80. The van der Waals surface area contributed by atoms with E-state index in [1.54, 1.807) is 0 Å². The van der Waals surface area contributed by atoms with Crippen molar-refractivity contribution in [2.45, 2.75) is 19.8 Å². The summed E-state index contributed by atoms with van der Waals surface area (Å²) < 4.78 is 0. The van der Waals surface area contributed by atoms with Gasteiger partial charge in [0.15, 0.2) is 0 Å². The van der Waals surface area contributed by atoms with Crippen molar-refractivity contribution in [1.29, 1.82) is 0 Å². The van der Waals surface area contributed by atoms with Crippen LogP contribution < -0.4 is 0 Å². The van der Waals surface area contributed by atoms with Crippen LogP contribution in [-0.2, 0) is 0 Å². The van der Waals surface area contributed by atoms with Gasteiger partial charge in [0.25, 0.3) is 0 Å². The SMILES string of the molecule is CC1=C[C@@H](CO)C=CCC1. The lowest BCUT2D eigenvalue weighted by Crippen LogP contribution is -1.97. The molecule has 10 heavy (non-hydrogen) atoms. The monoisotopic (exact) mass is 138 g/mol. The van der Waals surface area contributed by atoms with E-state index in [4.69, 9.17) is 5.11 Å². The second-order valence-corrected chi connectivity index (χ2v) is 2.83. The third-order valence-electron chi connectivity index (χ3n) is 1.80. The summed E-state index contributed by atoms with van der Waals surface area (Å²) in [6, 6.07) is 0. The summed E-state index contributed by atoms with van der Waals surface area (Å²) in [7, 11) is 0. The number of hydrogen-bond donors (Lipinski definition) is 1. The van der Waals surface area contributed by atoms with Crippen LogP contribution in [0.25, 0.3) is 0 Å². The van der Waals surface area contributed by atoms with Crippen LogP contribution in [0.2, 0.25) is 0 Å². The van der Waals surface area contributed by atoms with Gasteiger partial charge in [-0.25, -0.2) is 0 Å². The molecule has 56 valence electrons. The maximum absolute atomic E-state index is 8.84. The van der Waals surface area contributed by atoms with Gasteiger partial charge in [-0.2, -0.15) is 0 Å². The van der Waals surface area contributed by atoms with Gasteiger partial charge in [-0.3, -0.25) is 0 Å². The van der Waals surface area contributed by atoms with Crippen molar-refractivity contribution in [3.8, 4) is 0 Å². The molecule has 1 aliphatic rings. The summed E-state index contributed by atoms with van der Waals surface area (Å²) >= 11 is 0. The van der Waals surface area contributed by atoms with E-state index in [2.05, 4.69) is 25.2 Å². The first kappa shape index (κ1) is 7.55. The lowest BCUT2D eigenvalue weighted by atomic mass is 10.1. The summed E-state index contributed by atoms with van der Waals surface area (Å²) in [6.07, 6.45) is 8.64. The fourth-order valence-corrected chi connectivity index (χ4v) is 1.20. The molecule has 0 radical (unpaired) electrons. The zero-order valence-electron chi connectivity index (χ0n) is 6.38. The molecule has 1 heteroatoms. The molecule has 0 aromatic carbocycles. The third kappa shape index (κ3) is 1.99. The molecule has 1 nitrogen and oxygen atoms in total. The molecule has 0 saturated carbocycles. The highest BCUT2D eigenvalue weighted by atomic mass is 16.3. The van der Waals surface area contributed by atoms with E-state index >= 15 is 0 Å². The zero-order valence-corrected chi connectivity index (χ0v) is 6.38. The molecule has 0 unspecified atom stereocenters. The highest BCUT2D eigenvalue weighted by Gasteiger charge is 2.02. The number of aliphatic hydroxyl groups excluding tert-OH is 1. The molecule has 0 spiro atoms. The average molecular weight is 138 g/mol. The minimum absolute atomic E-state index is 0.244. The van der Waals surface area contributed by atoms with Crippen LogP contribution >= 0.6 is 0 Å². The molecule has 0 aromatic heterocycles. The highest BCUT2D eigenvalue weighted by molar-refractivity contribution is 5.11. The van der Waals surface area contributed by atoms with Crippen molar-refractivity contribution in [3.05, 3.63) is 23.8 Å². The maximum Gasteiger partial charge on any atom is 0.0528 e. The van der Waals surface area contributed by atoms with Crippen LogP contribution in [0.4, 0.5) is 0 Å². The molecule has 0 saturated heterocycles. The Morgan fingerprint density at radius 3 is 3.20 bits per heavy atom. The molecule has 0 fully saturated rings. The van der Waals surface area contributed by atoms with E-state index in [-0.39, 0.29) is 12.5 Å². The van der Waals surface area contributed by atoms with E-state index in [1.165, 1.54) is 5.57 Å². The Morgan fingerprint density at radius 1 is 1.70 bits per heavy atom. The molecular weight excluding hydrogens is 124 g/mol. The normalized spacial score (nSPS) is 25.8. The Bertz CT molecular complexity index is 156. The Balaban J connectivity index is 2.61. The smallest absolute Gasteiger partial charge is 0.0528 e. The summed E-state index contributed by atoms with van der Waals surface area (Å²) in [4.78, 5) is 0. The van der Waals surface area contributed by atoms with Gasteiger partial charge in [0.05, 0.1) is 6.61 Å². The van der Waals surface area contributed by atoms with Crippen LogP contribution in [0.5, 0.6) is 0 Å². The molecule has 1 N–H and O–H groups in total. The van der Waals surface area contributed by atoms with E-state index in [0.717, 1.165) is 12.8 Å². The Morgan fingerprint density at radius 2 is 2.50 bits per heavy atom. The first-order valence-corrected chi connectivity index (χ1v) is 3.77. The Hall–Kier alpha value is -0.560. The lowest BCUT2D eigenvalue weighted by Gasteiger charge is -2.01. The van der Waals surface area contributed by atoms with E-state index < -0.39 is 0 Å². The molecule has 1 aliphatic carbocycles. The first-order chi connectivity index (χ1) is 4.83. The van der Waals surface area contributed by atoms with Gasteiger partial charge < -0.3 is 5.11 Å². The van der Waals surface area contributed by atoms with Gasteiger partial charge in [0.1, 0.15) is 0 Å². The van der Waals surface area contributed by atoms with Crippen LogP contribution in [0.15, 0.2) is 23.8 Å². The van der Waals surface area contributed by atoms with Crippen molar-refractivity contribution in [2.75, 3.05) is 6.61 Å². The summed E-state index contributed by atoms with van der Waals surface area (Å²) in [6.45, 7) is 2.36. The number of hydrogen-bond acceptors (Lipinski definition) is 1. The molecule has 1 atom stereocenters. The second-order valence-electron chi connectivity index (χ2n) is 2.83. The van der Waals surface area contributed by atoms with Gasteiger partial charge in [-0.05, 0) is 19.8 Å². The number of allylic oxidation sites excluding steroid dienone is 2. The largest absolute Gasteiger partial charge is 0.395 e. The van der Waals surface area contributed by atoms with Crippen LogP contribution in [0.1, 0.15) is 19.8 Å². The molecule has 0 aliphatic heterocycles. The quantitative estimate of drug-likeness (QED) is 0.548. The molecule has 0 bridgehead atoms. The van der Waals surface area contributed by atoms with Crippen molar-refractivity contribution in [3.63, 3.8) is 0 Å². The van der Waals surface area contributed by atoms with Crippen LogP contribution in [0, 0.1) is 5.92 Å². The van der Waals surface area contributed by atoms with Gasteiger partial charge in [-0.1, -0.05) is 23.8 Å². The van der Waals surface area contributed by atoms with Crippen LogP contribution in [-0.4, -0.2) is 11.7 Å². The van der Waals surface area contributed by atoms with Crippen molar-refractivity contribution >= 4 is 0 Å². The maximum atomic E-state index is 8.84. The average Bonchev–Trinajstić information content (AvgIpc) is 2.13. The number of aliphatic hydroxyl groups is 1. The van der Waals surface area contributed by atoms with Gasteiger partial charge in [-0.15, -0.1) is 0 Å². The van der Waals surface area contributed by atoms with Crippen molar-refractivity contribution in [2.24, 2.45) is 5.92 Å². The molecule has 0 aromatic rings. The lowest BCUT2D eigenvalue weighted by molar-refractivity contribution is 0.273. The van der Waals surface area contributed by atoms with Crippen molar-refractivity contribution in [1.82, 2.24) is 0 Å². The summed E-state index contributed by atoms with van der Waals surface area (Å²) in [5.41, 5.74) is 1.39. The number of rotatable bonds is 1. The minimum Gasteiger partial charge on any atom is -0.395 e. The minimum atomic E-state index is 0.244. The predicted molar refractivity (Wildman–Crippen MR) is 42.7 cm³/mol. The topological polar surface area (TPSA) is 20.2 Å². The molecular formula is C9H14O. The summed E-state index contributed by atoms with van der Waals surface area (Å²) in [5.74, 6) is 0.266. The van der Waals surface area contributed by atoms with E-state index in [1.807, 2.05) is 0 Å². The van der Waals surface area contributed by atoms with E-state index in [0.29, 0.717) is 0 Å². The summed E-state index contributed by atoms with van der Waals surface area (Å²) in [5, 5.41) is 8.84. The van der Waals surface area contributed by atoms with Crippen molar-refractivity contribution < 1.29 is 5.11 Å². The van der Waals surface area contributed by atoms with E-state index in [9.17, 15) is 0 Å². The Labute approximate surface area is 62.1 Å².